The Bertz CT molecular complexity index is 866. The molecule has 10 heteroatoms. The summed E-state index contributed by atoms with van der Waals surface area (Å²) in [5.41, 5.74) is 6.19. The van der Waals surface area contributed by atoms with Crippen LogP contribution in [0.1, 0.15) is 36.1 Å². The molecule has 3 rings (SSSR count). The van der Waals surface area contributed by atoms with Gasteiger partial charge in [-0.3, -0.25) is 4.79 Å². The lowest BCUT2D eigenvalue weighted by atomic mass is 10.2. The van der Waals surface area contributed by atoms with Crippen LogP contribution in [-0.2, 0) is 4.74 Å². The Morgan fingerprint density at radius 3 is 2.25 bits per heavy atom. The Morgan fingerprint density at radius 1 is 1.14 bits per heavy atom. The van der Waals surface area contributed by atoms with Crippen LogP contribution < -0.4 is 10.6 Å². The van der Waals surface area contributed by atoms with Gasteiger partial charge in [0, 0.05) is 44.1 Å². The second-order valence-corrected chi connectivity index (χ2v) is 8.52. The van der Waals surface area contributed by atoms with E-state index in [2.05, 4.69) is 15.0 Å². The van der Waals surface area contributed by atoms with E-state index in [0.29, 0.717) is 47.7 Å². The molecule has 2 N–H and O–H groups in total. The number of piperazine rings is 1. The maximum absolute atomic E-state index is 12.2. The molecule has 1 aliphatic rings. The molecule has 0 atom stereocenters. The molecule has 0 bridgehead atoms. The van der Waals surface area contributed by atoms with Crippen LogP contribution in [0.15, 0.2) is 12.4 Å². The highest BCUT2D eigenvalue weighted by Gasteiger charge is 2.26. The van der Waals surface area contributed by atoms with Crippen LogP contribution in [-0.4, -0.2) is 63.6 Å². The fourth-order valence-corrected chi connectivity index (χ4v) is 3.65. The van der Waals surface area contributed by atoms with E-state index in [9.17, 15) is 9.59 Å². The number of carbonyl (C=O) groups is 2. The van der Waals surface area contributed by atoms with Crippen molar-refractivity contribution in [3.05, 3.63) is 23.0 Å². The number of thiazole rings is 1. The number of nitrogens with two attached hydrogens (primary N) is 1. The third-order valence-electron chi connectivity index (χ3n) is 4.12. The number of anilines is 1. The molecule has 0 aromatic carbocycles. The van der Waals surface area contributed by atoms with Gasteiger partial charge in [0.15, 0.2) is 0 Å². The smallest absolute Gasteiger partial charge is 0.410 e. The average Bonchev–Trinajstić information content (AvgIpc) is 3.03. The molecule has 1 fully saturated rings. The van der Waals surface area contributed by atoms with Crippen LogP contribution in [0.2, 0.25) is 0 Å². The first-order valence-corrected chi connectivity index (χ1v) is 9.78. The van der Waals surface area contributed by atoms with Gasteiger partial charge in [0.1, 0.15) is 15.5 Å². The van der Waals surface area contributed by atoms with Gasteiger partial charge < -0.3 is 20.3 Å². The van der Waals surface area contributed by atoms with E-state index in [4.69, 9.17) is 10.5 Å². The summed E-state index contributed by atoms with van der Waals surface area (Å²) in [6.07, 6.45) is 3.07. The summed E-state index contributed by atoms with van der Waals surface area (Å²) < 4.78 is 5.41. The molecular formula is C18H24N6O3S. The number of amides is 2. The lowest BCUT2D eigenvalue weighted by Crippen LogP contribution is -2.50. The molecule has 2 aromatic rings. The van der Waals surface area contributed by atoms with Crippen molar-refractivity contribution >= 4 is 29.3 Å². The predicted molar refractivity (Wildman–Crippen MR) is 106 cm³/mol. The molecule has 3 heterocycles. The Balaban J connectivity index is 1.63. The zero-order valence-corrected chi connectivity index (χ0v) is 17.2. The van der Waals surface area contributed by atoms with Crippen molar-refractivity contribution in [1.82, 2.24) is 19.9 Å². The third kappa shape index (κ3) is 4.56. The van der Waals surface area contributed by atoms with Gasteiger partial charge in [-0.2, -0.15) is 0 Å². The Morgan fingerprint density at radius 2 is 1.75 bits per heavy atom. The van der Waals surface area contributed by atoms with Gasteiger partial charge in [0.05, 0.1) is 5.69 Å². The molecule has 28 heavy (non-hydrogen) atoms. The lowest BCUT2D eigenvalue weighted by molar-refractivity contribution is 0.0240. The number of rotatable bonds is 3. The van der Waals surface area contributed by atoms with Crippen LogP contribution in [0.4, 0.5) is 10.7 Å². The SMILES string of the molecule is Cc1nc(-c2cnc(N3CCN(C(=O)OC(C)(C)C)CC3)nc2)sc1C(N)=O. The molecule has 0 spiro atoms. The molecule has 9 nitrogen and oxygen atoms in total. The third-order valence-corrected chi connectivity index (χ3v) is 5.34. The van der Waals surface area contributed by atoms with Crippen LogP contribution >= 0.6 is 11.3 Å². The monoisotopic (exact) mass is 404 g/mol. The molecule has 2 aromatic heterocycles. The van der Waals surface area contributed by atoms with Crippen LogP contribution in [0.3, 0.4) is 0 Å². The van der Waals surface area contributed by atoms with Crippen molar-refractivity contribution in [3.8, 4) is 10.6 Å². The average molecular weight is 404 g/mol. The number of nitrogens with zero attached hydrogens (tertiary/aromatic N) is 5. The summed E-state index contributed by atoms with van der Waals surface area (Å²) in [7, 11) is 0. The summed E-state index contributed by atoms with van der Waals surface area (Å²) in [6, 6.07) is 0. The highest BCUT2D eigenvalue weighted by Crippen LogP contribution is 2.27. The van der Waals surface area contributed by atoms with E-state index < -0.39 is 11.5 Å². The topological polar surface area (TPSA) is 115 Å². The zero-order valence-electron chi connectivity index (χ0n) is 16.4. The standard InChI is InChI=1S/C18H24N6O3S/c1-11-13(14(19)25)28-15(22-11)12-9-20-16(21-10-12)23-5-7-24(8-6-23)17(26)27-18(2,3)4/h9-10H,5-8H2,1-4H3,(H2,19,25). The number of aryl methyl sites for hydroxylation is 1. The van der Waals surface area contributed by atoms with Gasteiger partial charge in [0.2, 0.25) is 5.95 Å². The molecule has 1 aliphatic heterocycles. The molecular weight excluding hydrogens is 380 g/mol. The van der Waals surface area contributed by atoms with E-state index in [1.54, 1.807) is 24.2 Å². The van der Waals surface area contributed by atoms with E-state index in [1.165, 1.54) is 11.3 Å². The number of hydrogen-bond acceptors (Lipinski definition) is 8. The van der Waals surface area contributed by atoms with Gasteiger partial charge in [0.25, 0.3) is 5.91 Å². The quantitative estimate of drug-likeness (QED) is 0.833. The summed E-state index contributed by atoms with van der Waals surface area (Å²) >= 11 is 1.23. The van der Waals surface area contributed by atoms with Crippen molar-refractivity contribution in [2.24, 2.45) is 5.73 Å². The van der Waals surface area contributed by atoms with E-state index in [0.717, 1.165) is 5.56 Å². The molecule has 0 aliphatic carbocycles. The molecule has 0 saturated carbocycles. The van der Waals surface area contributed by atoms with E-state index in [-0.39, 0.29) is 6.09 Å². The zero-order chi connectivity index (χ0) is 20.5. The maximum atomic E-state index is 12.2. The summed E-state index contributed by atoms with van der Waals surface area (Å²) in [4.78, 5) is 40.9. The van der Waals surface area contributed by atoms with Crippen molar-refractivity contribution in [3.63, 3.8) is 0 Å². The van der Waals surface area contributed by atoms with Gasteiger partial charge in [-0.25, -0.2) is 19.7 Å². The van der Waals surface area contributed by atoms with Crippen molar-refractivity contribution in [2.45, 2.75) is 33.3 Å². The van der Waals surface area contributed by atoms with Crippen molar-refractivity contribution in [1.29, 1.82) is 0 Å². The first-order valence-electron chi connectivity index (χ1n) is 8.96. The normalized spacial score (nSPS) is 14.9. The summed E-state index contributed by atoms with van der Waals surface area (Å²) in [6.45, 7) is 9.66. The molecule has 0 unspecified atom stereocenters. The lowest BCUT2D eigenvalue weighted by Gasteiger charge is -2.35. The second-order valence-electron chi connectivity index (χ2n) is 7.52. The van der Waals surface area contributed by atoms with Crippen LogP contribution in [0, 0.1) is 6.92 Å². The van der Waals surface area contributed by atoms with E-state index >= 15 is 0 Å². The molecule has 150 valence electrons. The molecule has 2 amide bonds. The Kier molecular flexibility index (Phi) is 5.50. The number of aromatic nitrogens is 3. The van der Waals surface area contributed by atoms with Crippen LogP contribution in [0.5, 0.6) is 0 Å². The second kappa shape index (κ2) is 7.70. The first kappa shape index (κ1) is 20.0. The van der Waals surface area contributed by atoms with Gasteiger partial charge in [-0.15, -0.1) is 11.3 Å². The maximum Gasteiger partial charge on any atom is 0.410 e. The Labute approximate surface area is 167 Å². The van der Waals surface area contributed by atoms with Gasteiger partial charge in [-0.1, -0.05) is 0 Å². The predicted octanol–water partition coefficient (Wildman–Crippen LogP) is 2.06. The first-order chi connectivity index (χ1) is 13.1. The van der Waals surface area contributed by atoms with Crippen molar-refractivity contribution < 1.29 is 14.3 Å². The minimum absolute atomic E-state index is 0.298. The highest BCUT2D eigenvalue weighted by molar-refractivity contribution is 7.17. The largest absolute Gasteiger partial charge is 0.444 e. The number of carbonyl (C=O) groups excluding carboxylic acids is 2. The van der Waals surface area contributed by atoms with Crippen molar-refractivity contribution in [2.75, 3.05) is 31.1 Å². The van der Waals surface area contributed by atoms with Gasteiger partial charge >= 0.3 is 6.09 Å². The highest BCUT2D eigenvalue weighted by atomic mass is 32.1. The molecule has 0 radical (unpaired) electrons. The number of ether oxygens (including phenoxy) is 1. The van der Waals surface area contributed by atoms with Crippen LogP contribution in [0.25, 0.3) is 10.6 Å². The molecule has 1 saturated heterocycles. The minimum atomic E-state index is -0.504. The summed E-state index contributed by atoms with van der Waals surface area (Å²) in [5, 5.41) is 0.660. The fourth-order valence-electron chi connectivity index (χ4n) is 2.76. The Hall–Kier alpha value is -2.75. The summed E-state index contributed by atoms with van der Waals surface area (Å²) in [5.74, 6) is 0.109. The van der Waals surface area contributed by atoms with E-state index in [1.807, 2.05) is 25.7 Å². The minimum Gasteiger partial charge on any atom is -0.444 e. The fraction of sp³-hybridized carbons (Fsp3) is 0.500. The van der Waals surface area contributed by atoms with Gasteiger partial charge in [-0.05, 0) is 27.7 Å². The number of hydrogen-bond donors (Lipinski definition) is 1. The number of primary amides is 1.